The quantitative estimate of drug-likeness (QED) is 0.462. The number of hydrogen-bond acceptors (Lipinski definition) is 5. The Hall–Kier alpha value is -4.40. The van der Waals surface area contributed by atoms with Crippen molar-refractivity contribution >= 4 is 17.4 Å². The zero-order valence-corrected chi connectivity index (χ0v) is 18.6. The second-order valence-corrected chi connectivity index (χ2v) is 8.41. The average molecular weight is 457 g/mol. The predicted molar refractivity (Wildman–Crippen MR) is 130 cm³/mol. The van der Waals surface area contributed by atoms with Crippen molar-refractivity contribution in [1.29, 1.82) is 0 Å². The highest BCUT2D eigenvalue weighted by Crippen LogP contribution is 2.40. The summed E-state index contributed by atoms with van der Waals surface area (Å²) < 4.78 is 2.84. The number of nitrogens with one attached hydrogen (secondary N) is 1. The van der Waals surface area contributed by atoms with Crippen LogP contribution in [0.4, 0.5) is 11.5 Å². The van der Waals surface area contributed by atoms with E-state index in [0.29, 0.717) is 11.6 Å². The van der Waals surface area contributed by atoms with E-state index in [1.54, 1.807) is 10.7 Å². The van der Waals surface area contributed by atoms with Crippen LogP contribution in [-0.2, 0) is 6.54 Å². The molecule has 0 aliphatic heterocycles. The van der Waals surface area contributed by atoms with E-state index in [0.717, 1.165) is 29.8 Å². The molecule has 34 heavy (non-hydrogen) atoms. The van der Waals surface area contributed by atoms with Gasteiger partial charge in [-0.1, -0.05) is 48.5 Å². The number of nitrogens with two attached hydrogens (primary N) is 1. The molecule has 1 fully saturated rings. The van der Waals surface area contributed by atoms with Gasteiger partial charge in [0.25, 0.3) is 11.5 Å². The second kappa shape index (κ2) is 8.51. The van der Waals surface area contributed by atoms with Crippen molar-refractivity contribution in [3.8, 4) is 5.69 Å². The van der Waals surface area contributed by atoms with Crippen LogP contribution in [0, 0.1) is 0 Å². The topological polar surface area (TPSA) is 119 Å². The van der Waals surface area contributed by atoms with Gasteiger partial charge >= 0.3 is 5.69 Å². The predicted octanol–water partition coefficient (Wildman–Crippen LogP) is 2.51. The normalized spacial score (nSPS) is 13.1. The fourth-order valence-electron chi connectivity index (χ4n) is 3.99. The first kappa shape index (κ1) is 21.4. The molecule has 2 aromatic carbocycles. The summed E-state index contributed by atoms with van der Waals surface area (Å²) in [5, 5.41) is 4.67. The molecule has 0 unspecified atom stereocenters. The number of amides is 1. The number of anilines is 2. The highest BCUT2D eigenvalue weighted by molar-refractivity contribution is 6.06. The molecule has 0 spiro atoms. The second-order valence-electron chi connectivity index (χ2n) is 8.41. The van der Waals surface area contributed by atoms with Crippen LogP contribution in [-0.4, -0.2) is 32.3 Å². The maximum Gasteiger partial charge on any atom is 0.330 e. The van der Waals surface area contributed by atoms with E-state index in [-0.39, 0.29) is 18.1 Å². The van der Waals surface area contributed by atoms with E-state index in [4.69, 9.17) is 5.73 Å². The molecule has 0 saturated heterocycles. The highest BCUT2D eigenvalue weighted by atomic mass is 16.2. The van der Waals surface area contributed by atoms with Crippen molar-refractivity contribution in [2.24, 2.45) is 0 Å². The molecule has 0 bridgehead atoms. The number of carbonyl (C=O) groups is 1. The van der Waals surface area contributed by atoms with Crippen molar-refractivity contribution in [3.63, 3.8) is 0 Å². The number of H-pyrrole nitrogens is 1. The Kier molecular flexibility index (Phi) is 5.37. The number of aromatic amines is 1. The Morgan fingerprint density at radius 2 is 1.74 bits per heavy atom. The van der Waals surface area contributed by atoms with Crippen LogP contribution in [0.5, 0.6) is 0 Å². The van der Waals surface area contributed by atoms with Gasteiger partial charge in [-0.05, 0) is 36.6 Å². The summed E-state index contributed by atoms with van der Waals surface area (Å²) in [4.78, 5) is 42.4. The Bertz CT molecular complexity index is 1470. The van der Waals surface area contributed by atoms with E-state index in [9.17, 15) is 14.4 Å². The van der Waals surface area contributed by atoms with Crippen molar-refractivity contribution in [2.75, 3.05) is 17.7 Å². The monoisotopic (exact) mass is 456 g/mol. The summed E-state index contributed by atoms with van der Waals surface area (Å²) in [5.41, 5.74) is 7.57. The van der Waals surface area contributed by atoms with Crippen LogP contribution in [0.15, 0.2) is 76.3 Å². The van der Waals surface area contributed by atoms with E-state index in [1.165, 1.54) is 16.5 Å². The molecule has 1 amide bonds. The number of para-hydroxylation sites is 1. The first-order chi connectivity index (χ1) is 16.4. The molecular weight excluding hydrogens is 432 g/mol. The number of nitrogen functional groups attached to an aromatic ring is 1. The fourth-order valence-corrected chi connectivity index (χ4v) is 3.99. The van der Waals surface area contributed by atoms with Gasteiger partial charge in [0.15, 0.2) is 5.69 Å². The maximum absolute atomic E-state index is 13.6. The number of hydrogen-bond donors (Lipinski definition) is 2. The number of rotatable bonds is 6. The largest absolute Gasteiger partial charge is 0.383 e. The van der Waals surface area contributed by atoms with E-state index < -0.39 is 17.2 Å². The highest BCUT2D eigenvalue weighted by Gasteiger charge is 2.31. The Balaban J connectivity index is 1.56. The zero-order chi connectivity index (χ0) is 23.8. The summed E-state index contributed by atoms with van der Waals surface area (Å²) in [6.45, 7) is 0.158. The van der Waals surface area contributed by atoms with Gasteiger partial charge in [0.1, 0.15) is 11.5 Å². The van der Waals surface area contributed by atoms with Crippen molar-refractivity contribution < 1.29 is 4.79 Å². The van der Waals surface area contributed by atoms with Crippen LogP contribution < -0.4 is 21.9 Å². The Labute approximate surface area is 195 Å². The molecule has 5 rings (SSSR count). The van der Waals surface area contributed by atoms with Crippen LogP contribution in [0.3, 0.4) is 0 Å². The SMILES string of the molecule is CN(C(=O)c1cc(C2CC2)nn1-c1ccccc1)c1c(N)n(Cc2ccccc2)c(=O)[nH]c1=O. The van der Waals surface area contributed by atoms with E-state index >= 15 is 0 Å². The Morgan fingerprint density at radius 3 is 2.38 bits per heavy atom. The molecule has 1 aliphatic carbocycles. The van der Waals surface area contributed by atoms with Crippen LogP contribution in [0.25, 0.3) is 5.69 Å². The van der Waals surface area contributed by atoms with Gasteiger partial charge in [-0.3, -0.25) is 19.1 Å². The molecule has 172 valence electrons. The molecule has 1 saturated carbocycles. The number of aromatic nitrogens is 4. The molecule has 4 aromatic rings. The summed E-state index contributed by atoms with van der Waals surface area (Å²) in [7, 11) is 1.47. The van der Waals surface area contributed by atoms with E-state index in [1.807, 2.05) is 60.7 Å². The molecule has 0 atom stereocenters. The van der Waals surface area contributed by atoms with Crippen molar-refractivity contribution in [1.82, 2.24) is 19.3 Å². The summed E-state index contributed by atoms with van der Waals surface area (Å²) in [6, 6.07) is 20.4. The lowest BCUT2D eigenvalue weighted by molar-refractivity contribution is 0.0985. The van der Waals surface area contributed by atoms with Gasteiger partial charge < -0.3 is 10.6 Å². The van der Waals surface area contributed by atoms with Crippen molar-refractivity contribution in [2.45, 2.75) is 25.3 Å². The molecule has 0 radical (unpaired) electrons. The lowest BCUT2D eigenvalue weighted by Crippen LogP contribution is -2.40. The van der Waals surface area contributed by atoms with Crippen LogP contribution in [0.1, 0.15) is 40.5 Å². The molecular formula is C25H24N6O3. The zero-order valence-electron chi connectivity index (χ0n) is 18.6. The number of nitrogens with zero attached hydrogens (tertiary/aromatic N) is 4. The van der Waals surface area contributed by atoms with Gasteiger partial charge in [-0.15, -0.1) is 0 Å². The average Bonchev–Trinajstić information content (AvgIpc) is 3.60. The van der Waals surface area contributed by atoms with Gasteiger partial charge in [0.05, 0.1) is 17.9 Å². The van der Waals surface area contributed by atoms with Gasteiger partial charge in [-0.25, -0.2) is 9.48 Å². The summed E-state index contributed by atoms with van der Waals surface area (Å²) >= 11 is 0. The van der Waals surface area contributed by atoms with Gasteiger partial charge in [-0.2, -0.15) is 5.10 Å². The van der Waals surface area contributed by atoms with E-state index in [2.05, 4.69) is 10.1 Å². The van der Waals surface area contributed by atoms with Crippen LogP contribution in [0.2, 0.25) is 0 Å². The van der Waals surface area contributed by atoms with Crippen molar-refractivity contribution in [3.05, 3.63) is 105 Å². The van der Waals surface area contributed by atoms with Gasteiger partial charge in [0.2, 0.25) is 0 Å². The molecule has 9 heteroatoms. The molecule has 3 N–H and O–H groups in total. The first-order valence-electron chi connectivity index (χ1n) is 11.0. The lowest BCUT2D eigenvalue weighted by Gasteiger charge is -2.20. The lowest BCUT2D eigenvalue weighted by atomic mass is 10.2. The molecule has 2 heterocycles. The first-order valence-corrected chi connectivity index (χ1v) is 11.0. The third-order valence-electron chi connectivity index (χ3n) is 5.98. The summed E-state index contributed by atoms with van der Waals surface area (Å²) in [5.74, 6) is -0.199. The third-order valence-corrected chi connectivity index (χ3v) is 5.98. The minimum Gasteiger partial charge on any atom is -0.383 e. The fraction of sp³-hybridized carbons (Fsp3) is 0.200. The standard InChI is InChI=1S/C25H24N6O3/c1-29(21-22(26)30(25(34)27-23(21)32)15-16-8-4-2-5-9-16)24(33)20-14-19(17-12-13-17)28-31(20)18-10-6-3-7-11-18/h2-11,14,17H,12-13,15,26H2,1H3,(H,27,32,34). The maximum atomic E-state index is 13.6. The minimum atomic E-state index is -0.726. The smallest absolute Gasteiger partial charge is 0.330 e. The number of carbonyl (C=O) groups excluding carboxylic acids is 1. The third kappa shape index (κ3) is 3.92. The molecule has 2 aromatic heterocycles. The van der Waals surface area contributed by atoms with Gasteiger partial charge in [0, 0.05) is 13.0 Å². The molecule has 1 aliphatic rings. The molecule has 9 nitrogen and oxygen atoms in total. The minimum absolute atomic E-state index is 0.0818. The summed E-state index contributed by atoms with van der Waals surface area (Å²) in [6.07, 6.45) is 2.07. The number of benzene rings is 2. The van der Waals surface area contributed by atoms with Crippen LogP contribution >= 0.6 is 0 Å². The Morgan fingerprint density at radius 1 is 1.09 bits per heavy atom.